The zero-order valence-electron chi connectivity index (χ0n) is 10.3. The first-order valence-electron chi connectivity index (χ1n) is 6.26. The normalized spacial score (nSPS) is 15.8. The van der Waals surface area contributed by atoms with Crippen molar-refractivity contribution in [2.45, 2.75) is 32.4 Å². The van der Waals surface area contributed by atoms with Crippen LogP contribution in [0.1, 0.15) is 30.4 Å². The number of benzene rings is 1. The summed E-state index contributed by atoms with van der Waals surface area (Å²) in [5.74, 6) is 0.824. The monoisotopic (exact) mass is 269 g/mol. The Morgan fingerprint density at radius 2 is 1.89 bits per heavy atom. The van der Waals surface area contributed by atoms with Gasteiger partial charge in [0.05, 0.1) is 12.4 Å². The third kappa shape index (κ3) is 4.08. The number of sulfonamides is 1. The molecule has 18 heavy (non-hydrogen) atoms. The summed E-state index contributed by atoms with van der Waals surface area (Å²) in [4.78, 5) is 0. The van der Waals surface area contributed by atoms with Crippen molar-refractivity contribution in [2.24, 2.45) is 5.92 Å². The average molecular weight is 269 g/mol. The summed E-state index contributed by atoms with van der Waals surface area (Å²) >= 11 is 0. The second kappa shape index (κ2) is 5.82. The van der Waals surface area contributed by atoms with E-state index in [0.29, 0.717) is 5.92 Å². The van der Waals surface area contributed by atoms with Crippen molar-refractivity contribution < 1.29 is 13.5 Å². The summed E-state index contributed by atoms with van der Waals surface area (Å²) < 4.78 is 26.1. The van der Waals surface area contributed by atoms with E-state index in [-0.39, 0.29) is 18.9 Å². The highest BCUT2D eigenvalue weighted by molar-refractivity contribution is 7.89. The molecule has 0 aromatic heterocycles. The van der Waals surface area contributed by atoms with Crippen molar-refractivity contribution in [1.29, 1.82) is 0 Å². The summed E-state index contributed by atoms with van der Waals surface area (Å²) in [6.45, 7) is 0.184. The van der Waals surface area contributed by atoms with Gasteiger partial charge in [-0.1, -0.05) is 37.1 Å². The van der Waals surface area contributed by atoms with Gasteiger partial charge >= 0.3 is 0 Å². The molecule has 0 radical (unpaired) electrons. The fraction of sp³-hybridized carbons (Fsp3) is 0.538. The number of hydrogen-bond acceptors (Lipinski definition) is 3. The zero-order valence-corrected chi connectivity index (χ0v) is 11.1. The molecule has 1 aliphatic carbocycles. The molecule has 0 amide bonds. The van der Waals surface area contributed by atoms with Gasteiger partial charge in [0, 0.05) is 6.54 Å². The van der Waals surface area contributed by atoms with Crippen LogP contribution in [0.25, 0.3) is 0 Å². The van der Waals surface area contributed by atoms with Crippen LogP contribution in [0.5, 0.6) is 0 Å². The van der Waals surface area contributed by atoms with Crippen LogP contribution in [0.4, 0.5) is 0 Å². The highest BCUT2D eigenvalue weighted by atomic mass is 32.2. The molecule has 5 heteroatoms. The number of aliphatic hydroxyl groups excluding tert-OH is 1. The molecule has 0 atom stereocenters. The smallest absolute Gasteiger partial charge is 0.211 e. The van der Waals surface area contributed by atoms with E-state index in [1.54, 1.807) is 6.07 Å². The van der Waals surface area contributed by atoms with Crippen molar-refractivity contribution in [1.82, 2.24) is 4.72 Å². The van der Waals surface area contributed by atoms with Gasteiger partial charge in [-0.2, -0.15) is 0 Å². The molecule has 2 rings (SSSR count). The first kappa shape index (κ1) is 13.5. The van der Waals surface area contributed by atoms with Gasteiger partial charge in [-0.15, -0.1) is 0 Å². The number of rotatable bonds is 7. The third-order valence-electron chi connectivity index (χ3n) is 3.26. The van der Waals surface area contributed by atoms with Gasteiger partial charge in [0.1, 0.15) is 0 Å². The Hall–Kier alpha value is -0.910. The molecule has 2 N–H and O–H groups in total. The largest absolute Gasteiger partial charge is 0.392 e. The third-order valence-corrected chi connectivity index (χ3v) is 4.62. The molecule has 1 aromatic carbocycles. The molecule has 1 saturated carbocycles. The maximum Gasteiger partial charge on any atom is 0.211 e. The lowest BCUT2D eigenvalue weighted by atomic mass is 10.1. The Kier molecular flexibility index (Phi) is 4.37. The molecule has 0 aliphatic heterocycles. The molecule has 1 aromatic rings. The fourth-order valence-corrected chi connectivity index (χ4v) is 3.04. The van der Waals surface area contributed by atoms with Crippen molar-refractivity contribution in [3.63, 3.8) is 0 Å². The summed E-state index contributed by atoms with van der Waals surface area (Å²) in [5.41, 5.74) is 1.59. The molecular weight excluding hydrogens is 250 g/mol. The molecule has 100 valence electrons. The van der Waals surface area contributed by atoms with E-state index >= 15 is 0 Å². The average Bonchev–Trinajstić information content (AvgIpc) is 3.19. The second-order valence-corrected chi connectivity index (χ2v) is 6.73. The van der Waals surface area contributed by atoms with Crippen molar-refractivity contribution in [3.8, 4) is 0 Å². The van der Waals surface area contributed by atoms with Crippen LogP contribution in [-0.2, 0) is 23.2 Å². The van der Waals surface area contributed by atoms with Crippen LogP contribution in [0.3, 0.4) is 0 Å². The molecular formula is C13H19NO3S. The van der Waals surface area contributed by atoms with E-state index < -0.39 is 10.0 Å². The van der Waals surface area contributed by atoms with E-state index in [1.165, 1.54) is 12.8 Å². The lowest BCUT2D eigenvalue weighted by Crippen LogP contribution is -2.26. The highest BCUT2D eigenvalue weighted by Crippen LogP contribution is 2.32. The molecule has 1 fully saturated rings. The maximum atomic E-state index is 11.8. The van der Waals surface area contributed by atoms with Gasteiger partial charge in [0.2, 0.25) is 10.0 Å². The van der Waals surface area contributed by atoms with E-state index in [9.17, 15) is 8.42 Å². The van der Waals surface area contributed by atoms with Crippen molar-refractivity contribution in [3.05, 3.63) is 35.4 Å². The lowest BCUT2D eigenvalue weighted by molar-refractivity contribution is 0.280. The van der Waals surface area contributed by atoms with E-state index in [2.05, 4.69) is 4.72 Å². The number of nitrogens with one attached hydrogen (secondary N) is 1. The number of hydrogen-bond donors (Lipinski definition) is 2. The SMILES string of the molecule is O=S(=O)(CCC1CC1)NCc1ccccc1CO. The summed E-state index contributed by atoms with van der Waals surface area (Å²) in [6, 6.07) is 7.30. The van der Waals surface area contributed by atoms with Crippen LogP contribution in [0, 0.1) is 5.92 Å². The Bertz CT molecular complexity index is 495. The Morgan fingerprint density at radius 1 is 1.22 bits per heavy atom. The van der Waals surface area contributed by atoms with Gasteiger partial charge in [-0.3, -0.25) is 0 Å². The molecule has 4 nitrogen and oxygen atoms in total. The predicted molar refractivity (Wildman–Crippen MR) is 70.3 cm³/mol. The van der Waals surface area contributed by atoms with Crippen LogP contribution < -0.4 is 4.72 Å². The lowest BCUT2D eigenvalue weighted by Gasteiger charge is -2.09. The molecule has 0 bridgehead atoms. The first-order valence-corrected chi connectivity index (χ1v) is 7.91. The standard InChI is InChI=1S/C13H19NO3S/c15-10-13-4-2-1-3-12(13)9-14-18(16,17)8-7-11-5-6-11/h1-4,11,14-15H,5-10H2. The minimum atomic E-state index is -3.19. The predicted octanol–water partition coefficient (Wildman–Crippen LogP) is 1.40. The fourth-order valence-electron chi connectivity index (χ4n) is 1.87. The Morgan fingerprint density at radius 3 is 2.50 bits per heavy atom. The van der Waals surface area contributed by atoms with Crippen LogP contribution >= 0.6 is 0 Å². The van der Waals surface area contributed by atoms with Gasteiger partial charge in [0.25, 0.3) is 0 Å². The van der Waals surface area contributed by atoms with Crippen LogP contribution in [0.15, 0.2) is 24.3 Å². The van der Waals surface area contributed by atoms with Gasteiger partial charge in [-0.05, 0) is 23.5 Å². The minimum absolute atomic E-state index is 0.0695. The topological polar surface area (TPSA) is 66.4 Å². The highest BCUT2D eigenvalue weighted by Gasteiger charge is 2.23. The Balaban J connectivity index is 1.89. The molecule has 0 heterocycles. The summed E-state index contributed by atoms with van der Waals surface area (Å²) in [6.07, 6.45) is 3.10. The van der Waals surface area contributed by atoms with Crippen LogP contribution in [0.2, 0.25) is 0 Å². The minimum Gasteiger partial charge on any atom is -0.392 e. The molecule has 0 spiro atoms. The Labute approximate surface area is 108 Å². The van der Waals surface area contributed by atoms with E-state index in [4.69, 9.17) is 5.11 Å². The molecule has 1 aliphatic rings. The zero-order chi connectivity index (χ0) is 13.0. The van der Waals surface area contributed by atoms with E-state index in [1.807, 2.05) is 18.2 Å². The molecule has 0 unspecified atom stereocenters. The summed E-state index contributed by atoms with van der Waals surface area (Å²) in [7, 11) is -3.19. The second-order valence-electron chi connectivity index (χ2n) is 4.80. The van der Waals surface area contributed by atoms with Crippen LogP contribution in [-0.4, -0.2) is 19.3 Å². The quantitative estimate of drug-likeness (QED) is 0.786. The van der Waals surface area contributed by atoms with Gasteiger partial charge in [0.15, 0.2) is 0 Å². The molecule has 0 saturated heterocycles. The summed E-state index contributed by atoms with van der Waals surface area (Å²) in [5, 5.41) is 9.16. The number of aliphatic hydroxyl groups is 1. The van der Waals surface area contributed by atoms with Gasteiger partial charge < -0.3 is 5.11 Å². The van der Waals surface area contributed by atoms with Crippen molar-refractivity contribution >= 4 is 10.0 Å². The first-order chi connectivity index (χ1) is 8.61. The van der Waals surface area contributed by atoms with Gasteiger partial charge in [-0.25, -0.2) is 13.1 Å². The van der Waals surface area contributed by atoms with Crippen molar-refractivity contribution in [2.75, 3.05) is 5.75 Å². The van der Waals surface area contributed by atoms with E-state index in [0.717, 1.165) is 17.5 Å². The maximum absolute atomic E-state index is 11.8.